The molecule has 2 aliphatic carbocycles. The van der Waals surface area contributed by atoms with Crippen molar-refractivity contribution in [1.29, 1.82) is 0 Å². The third-order valence-electron chi connectivity index (χ3n) is 9.52. The van der Waals surface area contributed by atoms with Crippen molar-refractivity contribution in [1.82, 2.24) is 10.6 Å². The number of amides is 2. The predicted molar refractivity (Wildman–Crippen MR) is 156 cm³/mol. The van der Waals surface area contributed by atoms with E-state index in [2.05, 4.69) is 43.5 Å². The number of carbonyl (C=O) groups excluding carboxylic acids is 2. The van der Waals surface area contributed by atoms with Crippen LogP contribution in [0.4, 0.5) is 9.59 Å². The number of aliphatic hydroxyl groups is 1. The minimum Gasteiger partial charge on any atom is -0.444 e. The van der Waals surface area contributed by atoms with Gasteiger partial charge < -0.3 is 34.7 Å². The molecule has 4 fully saturated rings. The van der Waals surface area contributed by atoms with E-state index in [4.69, 9.17) is 18.9 Å². The predicted octanol–water partition coefficient (Wildman–Crippen LogP) is 4.81. The highest BCUT2D eigenvalue weighted by atomic mass is 16.6. The summed E-state index contributed by atoms with van der Waals surface area (Å²) < 4.78 is 22.9. The molecule has 2 saturated heterocycles. The van der Waals surface area contributed by atoms with Gasteiger partial charge in [-0.3, -0.25) is 0 Å². The molecule has 0 spiro atoms. The molecule has 9 nitrogen and oxygen atoms in total. The highest BCUT2D eigenvalue weighted by molar-refractivity contribution is 5.71. The van der Waals surface area contributed by atoms with Crippen LogP contribution in [-0.4, -0.2) is 60.4 Å². The van der Waals surface area contributed by atoms with Crippen molar-refractivity contribution >= 4 is 12.2 Å². The van der Waals surface area contributed by atoms with Crippen molar-refractivity contribution in [3.63, 3.8) is 0 Å². The Labute approximate surface area is 248 Å². The third kappa shape index (κ3) is 6.90. The normalized spacial score (nSPS) is 35.0. The second kappa shape index (κ2) is 13.9. The molecule has 0 bridgehead atoms. The van der Waals surface area contributed by atoms with E-state index in [1.807, 2.05) is 48.5 Å². The molecule has 2 aromatic carbocycles. The average Bonchev–Trinajstić information content (AvgIpc) is 3.57. The van der Waals surface area contributed by atoms with E-state index in [1.54, 1.807) is 0 Å². The van der Waals surface area contributed by atoms with Crippen molar-refractivity contribution in [3.05, 3.63) is 71.8 Å². The number of carbonyl (C=O) groups is 2. The fourth-order valence-electron chi connectivity index (χ4n) is 6.96. The smallest absolute Gasteiger partial charge is 0.407 e. The zero-order chi connectivity index (χ0) is 29.6. The summed E-state index contributed by atoms with van der Waals surface area (Å²) in [6.45, 7) is 7.65. The minimum absolute atomic E-state index is 0.0142. The van der Waals surface area contributed by atoms with Crippen molar-refractivity contribution < 1.29 is 33.6 Å². The Morgan fingerprint density at radius 3 is 1.60 bits per heavy atom. The molecule has 42 heavy (non-hydrogen) atoms. The van der Waals surface area contributed by atoms with Crippen LogP contribution in [0.5, 0.6) is 0 Å². The summed E-state index contributed by atoms with van der Waals surface area (Å²) in [6.07, 6.45) is 1.65. The Hall–Kier alpha value is -3.14. The Kier molecular flexibility index (Phi) is 10.0. The maximum Gasteiger partial charge on any atom is 0.407 e. The molecule has 0 aromatic heterocycles. The number of rotatable bonds is 8. The first-order valence-electron chi connectivity index (χ1n) is 15.2. The fourth-order valence-corrected chi connectivity index (χ4v) is 6.96. The fraction of sp³-hybridized carbons (Fsp3) is 0.576. The van der Waals surface area contributed by atoms with Crippen LogP contribution in [0.3, 0.4) is 0 Å². The monoisotopic (exact) mass is 580 g/mol. The Morgan fingerprint density at radius 1 is 0.738 bits per heavy atom. The van der Waals surface area contributed by atoms with Crippen molar-refractivity contribution in [2.24, 2.45) is 23.7 Å². The van der Waals surface area contributed by atoms with Crippen LogP contribution in [0.2, 0.25) is 0 Å². The number of nitrogens with one attached hydrogen (secondary N) is 2. The molecule has 2 saturated carbocycles. The molecule has 4 aliphatic rings. The Balaban J connectivity index is 0.000000168. The molecular formula is C33H44N2O7. The summed E-state index contributed by atoms with van der Waals surface area (Å²) in [4.78, 5) is 23.0. The number of hydrogen-bond donors (Lipinski definition) is 3. The van der Waals surface area contributed by atoms with E-state index in [-0.39, 0.29) is 67.1 Å². The molecule has 0 unspecified atom stereocenters. The Morgan fingerprint density at radius 2 is 1.17 bits per heavy atom. The van der Waals surface area contributed by atoms with Crippen molar-refractivity contribution in [2.45, 2.75) is 89.7 Å². The Bertz CT molecular complexity index is 1070. The zero-order valence-corrected chi connectivity index (χ0v) is 24.7. The van der Waals surface area contributed by atoms with Crippen LogP contribution in [0.15, 0.2) is 60.7 Å². The first-order valence-corrected chi connectivity index (χ1v) is 15.2. The quantitative estimate of drug-likeness (QED) is 0.410. The van der Waals surface area contributed by atoms with Gasteiger partial charge in [0.2, 0.25) is 0 Å². The maximum absolute atomic E-state index is 11.5. The number of fused-ring (bicyclic) bond motifs is 2. The molecule has 228 valence electrons. The van der Waals surface area contributed by atoms with Gasteiger partial charge in [-0.1, -0.05) is 87.9 Å². The first kappa shape index (κ1) is 30.3. The molecule has 2 aromatic rings. The molecule has 0 radical (unpaired) electrons. The van der Waals surface area contributed by atoms with Gasteiger partial charge in [0, 0.05) is 6.61 Å². The van der Waals surface area contributed by atoms with Gasteiger partial charge in [-0.25, -0.2) is 9.59 Å². The number of aliphatic hydroxyl groups excluding tert-OH is 1. The van der Waals surface area contributed by atoms with E-state index in [1.165, 1.54) is 0 Å². The summed E-state index contributed by atoms with van der Waals surface area (Å²) in [5.74, 6) is 1.23. The molecule has 2 amide bonds. The van der Waals surface area contributed by atoms with Gasteiger partial charge >= 0.3 is 12.2 Å². The molecule has 3 N–H and O–H groups in total. The molecule has 6 rings (SSSR count). The van der Waals surface area contributed by atoms with Crippen LogP contribution in [0, 0.1) is 23.7 Å². The number of ether oxygens (including phenoxy) is 4. The second-order valence-corrected chi connectivity index (χ2v) is 12.1. The lowest BCUT2D eigenvalue weighted by molar-refractivity contribution is -0.0855. The summed E-state index contributed by atoms with van der Waals surface area (Å²) in [7, 11) is 0. The topological polar surface area (TPSA) is 115 Å². The van der Waals surface area contributed by atoms with Gasteiger partial charge in [-0.05, 0) is 47.6 Å². The van der Waals surface area contributed by atoms with Crippen molar-refractivity contribution in [2.75, 3.05) is 6.61 Å². The third-order valence-corrected chi connectivity index (χ3v) is 9.52. The summed E-state index contributed by atoms with van der Waals surface area (Å²) >= 11 is 0. The van der Waals surface area contributed by atoms with Gasteiger partial charge in [0.15, 0.2) is 0 Å². The standard InChI is InChI=1S/C17H23NO3.C16H21NO4/c1-3-13-9-14-15(18-17(19)21-14)16(11(13)2)20-10-12-7-5-4-6-8-12;1-10-12(8-18)7-13-14(17-16(19)21-13)15(10)20-9-11-5-3-2-4-6-11/h4-8,11,13-16H,3,9-10H2,1-2H3,(H,18,19);2-6,10,12-15,18H,7-9H2,1H3,(H,17,19)/t11-,13+,14+,15+,16+;10-,12-,13+,14+,15+/m11/s1. The molecule has 9 heteroatoms. The largest absolute Gasteiger partial charge is 0.444 e. The van der Waals surface area contributed by atoms with E-state index < -0.39 is 0 Å². The van der Waals surface area contributed by atoms with Crippen molar-refractivity contribution in [3.8, 4) is 0 Å². The highest BCUT2D eigenvalue weighted by Crippen LogP contribution is 2.39. The van der Waals surface area contributed by atoms with E-state index >= 15 is 0 Å². The lowest BCUT2D eigenvalue weighted by Crippen LogP contribution is -2.54. The number of benzene rings is 2. The average molecular weight is 581 g/mol. The SMILES string of the molecule is CC[C@H]1C[C@@H]2OC(=O)N[C@@H]2[C@@H](OCc2ccccc2)[C@@H]1C.C[C@@H]1[C@@H](CO)C[C@@H]2OC(=O)N[C@@H]2[C@H]1OCc1ccccc1. The van der Waals surface area contributed by atoms with Crippen LogP contribution >= 0.6 is 0 Å². The minimum atomic E-state index is -0.385. The summed E-state index contributed by atoms with van der Waals surface area (Å²) in [6, 6.07) is 20.0. The summed E-state index contributed by atoms with van der Waals surface area (Å²) in [5, 5.41) is 15.3. The highest BCUT2D eigenvalue weighted by Gasteiger charge is 2.50. The zero-order valence-electron chi connectivity index (χ0n) is 24.7. The van der Waals surface area contributed by atoms with Crippen LogP contribution < -0.4 is 10.6 Å². The van der Waals surface area contributed by atoms with E-state index in [0.717, 1.165) is 24.0 Å². The van der Waals surface area contributed by atoms with Crippen LogP contribution in [0.1, 0.15) is 51.2 Å². The summed E-state index contributed by atoms with van der Waals surface area (Å²) in [5.41, 5.74) is 2.25. The lowest BCUT2D eigenvalue weighted by atomic mass is 9.73. The molecule has 10 atom stereocenters. The van der Waals surface area contributed by atoms with Gasteiger partial charge in [-0.15, -0.1) is 0 Å². The van der Waals surface area contributed by atoms with Gasteiger partial charge in [-0.2, -0.15) is 0 Å². The van der Waals surface area contributed by atoms with Gasteiger partial charge in [0.1, 0.15) is 12.2 Å². The molecule has 2 heterocycles. The molecule has 2 aliphatic heterocycles. The van der Waals surface area contributed by atoms with E-state index in [9.17, 15) is 14.7 Å². The number of alkyl carbamates (subject to hydrolysis) is 2. The van der Waals surface area contributed by atoms with Gasteiger partial charge in [0.05, 0.1) is 37.5 Å². The van der Waals surface area contributed by atoms with Crippen LogP contribution in [-0.2, 0) is 32.2 Å². The van der Waals surface area contributed by atoms with Gasteiger partial charge in [0.25, 0.3) is 0 Å². The first-order chi connectivity index (χ1) is 20.4. The molecular weight excluding hydrogens is 536 g/mol. The number of hydrogen-bond acceptors (Lipinski definition) is 7. The second-order valence-electron chi connectivity index (χ2n) is 12.1. The van der Waals surface area contributed by atoms with Crippen LogP contribution in [0.25, 0.3) is 0 Å². The lowest BCUT2D eigenvalue weighted by Gasteiger charge is -2.41. The van der Waals surface area contributed by atoms with E-state index in [0.29, 0.717) is 31.5 Å². The maximum atomic E-state index is 11.5.